The van der Waals surface area contributed by atoms with E-state index in [0.717, 1.165) is 31.6 Å². The van der Waals surface area contributed by atoms with Gasteiger partial charge < -0.3 is 9.13 Å². The van der Waals surface area contributed by atoms with Crippen LogP contribution in [0.2, 0.25) is 0 Å². The Bertz CT molecular complexity index is 1040. The molecule has 0 amide bonds. The van der Waals surface area contributed by atoms with E-state index in [0.29, 0.717) is 18.4 Å². The fraction of sp³-hybridized carbons (Fsp3) is 0.435. The van der Waals surface area contributed by atoms with Crippen LogP contribution in [0.5, 0.6) is 0 Å². The third kappa shape index (κ3) is 5.09. The molecule has 4 rings (SSSR count). The molecular formula is C23H31N7. The van der Waals surface area contributed by atoms with Crippen LogP contribution in [0.15, 0.2) is 61.8 Å². The zero-order valence-corrected chi connectivity index (χ0v) is 18.1. The summed E-state index contributed by atoms with van der Waals surface area (Å²) < 4.78 is 8.18. The van der Waals surface area contributed by atoms with Gasteiger partial charge in [-0.3, -0.25) is 9.36 Å². The largest absolute Gasteiger partial charge is 0.352 e. The number of hydrogen-bond acceptors (Lipinski definition) is 3. The van der Waals surface area contributed by atoms with Crippen molar-refractivity contribution in [1.29, 1.82) is 0 Å². The lowest BCUT2D eigenvalue weighted by atomic mass is 9.92. The molecule has 0 spiro atoms. The van der Waals surface area contributed by atoms with E-state index in [1.54, 1.807) is 0 Å². The molecule has 2 unspecified atom stereocenters. The summed E-state index contributed by atoms with van der Waals surface area (Å²) in [6.45, 7) is 7.14. The lowest BCUT2D eigenvalue weighted by Gasteiger charge is -2.13. The molecule has 4 heterocycles. The van der Waals surface area contributed by atoms with Crippen LogP contribution in [-0.2, 0) is 26.7 Å². The van der Waals surface area contributed by atoms with Gasteiger partial charge in [-0.05, 0) is 47.9 Å². The highest BCUT2D eigenvalue weighted by molar-refractivity contribution is 5.13. The highest BCUT2D eigenvalue weighted by Gasteiger charge is 2.14. The summed E-state index contributed by atoms with van der Waals surface area (Å²) in [5.74, 6) is 0.977. The van der Waals surface area contributed by atoms with E-state index in [-0.39, 0.29) is 0 Å². The van der Waals surface area contributed by atoms with Gasteiger partial charge in [-0.25, -0.2) is 4.98 Å². The maximum Gasteiger partial charge on any atom is 0.0947 e. The standard InChI is InChI=1S/C23H31N7/c1-19(21-12-25-29(14-21)11-10-28-8-4-5-9-28)6-7-20(2)22-13-26-30(15-22)17-23-16-27(3)18-24-23/h4-5,8-9,12-16,18-20H,6-7,10-11,17H2,1-3H3. The molecule has 158 valence electrons. The van der Waals surface area contributed by atoms with Gasteiger partial charge in [0.1, 0.15) is 0 Å². The zero-order chi connectivity index (χ0) is 20.9. The van der Waals surface area contributed by atoms with Crippen molar-refractivity contribution < 1.29 is 0 Å². The molecular weight excluding hydrogens is 374 g/mol. The third-order valence-electron chi connectivity index (χ3n) is 5.81. The average molecular weight is 406 g/mol. The van der Waals surface area contributed by atoms with Crippen LogP contribution in [0.4, 0.5) is 0 Å². The predicted molar refractivity (Wildman–Crippen MR) is 117 cm³/mol. The summed E-state index contributed by atoms with van der Waals surface area (Å²) >= 11 is 0. The van der Waals surface area contributed by atoms with E-state index >= 15 is 0 Å². The van der Waals surface area contributed by atoms with Gasteiger partial charge in [0.2, 0.25) is 0 Å². The van der Waals surface area contributed by atoms with Gasteiger partial charge >= 0.3 is 0 Å². The summed E-state index contributed by atoms with van der Waals surface area (Å²) in [5, 5.41) is 9.07. The van der Waals surface area contributed by atoms with Crippen LogP contribution < -0.4 is 0 Å². The minimum atomic E-state index is 0.480. The second-order valence-electron chi connectivity index (χ2n) is 8.34. The summed E-state index contributed by atoms with van der Waals surface area (Å²) in [4.78, 5) is 4.38. The Balaban J connectivity index is 1.26. The van der Waals surface area contributed by atoms with Gasteiger partial charge in [-0.1, -0.05) is 13.8 Å². The average Bonchev–Trinajstić information content (AvgIpc) is 3.52. The Labute approximate surface area is 178 Å². The van der Waals surface area contributed by atoms with Gasteiger partial charge in [0.15, 0.2) is 0 Å². The lowest BCUT2D eigenvalue weighted by Crippen LogP contribution is -2.06. The Morgan fingerprint density at radius 2 is 1.47 bits per heavy atom. The highest BCUT2D eigenvalue weighted by Crippen LogP contribution is 2.27. The van der Waals surface area contributed by atoms with Crippen LogP contribution in [0.25, 0.3) is 0 Å². The zero-order valence-electron chi connectivity index (χ0n) is 18.1. The van der Waals surface area contributed by atoms with Crippen LogP contribution in [0.1, 0.15) is 55.3 Å². The number of aromatic nitrogens is 7. The van der Waals surface area contributed by atoms with Gasteiger partial charge in [0.25, 0.3) is 0 Å². The molecule has 7 nitrogen and oxygen atoms in total. The number of imidazole rings is 1. The van der Waals surface area contributed by atoms with E-state index < -0.39 is 0 Å². The lowest BCUT2D eigenvalue weighted by molar-refractivity contribution is 0.532. The molecule has 0 aliphatic rings. The molecule has 0 N–H and O–H groups in total. The van der Waals surface area contributed by atoms with E-state index in [9.17, 15) is 0 Å². The van der Waals surface area contributed by atoms with Crippen molar-refractivity contribution in [1.82, 2.24) is 33.7 Å². The number of aryl methyl sites for hydroxylation is 3. The quantitative estimate of drug-likeness (QED) is 0.400. The SMILES string of the molecule is CC(CCC(C)c1cnn(Cc2cn(C)cn2)c1)c1cnn(CCn2cccc2)c1. The van der Waals surface area contributed by atoms with Crippen molar-refractivity contribution in [3.63, 3.8) is 0 Å². The number of hydrogen-bond donors (Lipinski definition) is 0. The molecule has 7 heteroatoms. The first kappa shape index (κ1) is 20.2. The number of nitrogens with zero attached hydrogens (tertiary/aromatic N) is 7. The molecule has 4 aromatic rings. The first-order valence-corrected chi connectivity index (χ1v) is 10.7. The number of rotatable bonds is 10. The molecule has 0 fully saturated rings. The normalized spacial score (nSPS) is 13.6. The molecule has 0 radical (unpaired) electrons. The maximum absolute atomic E-state index is 4.55. The van der Waals surface area contributed by atoms with E-state index in [1.165, 1.54) is 11.1 Å². The fourth-order valence-electron chi connectivity index (χ4n) is 3.76. The van der Waals surface area contributed by atoms with Crippen molar-refractivity contribution in [2.45, 2.75) is 58.2 Å². The fourth-order valence-corrected chi connectivity index (χ4v) is 3.76. The van der Waals surface area contributed by atoms with Crippen LogP contribution in [-0.4, -0.2) is 33.7 Å². The van der Waals surface area contributed by atoms with E-state index in [1.807, 2.05) is 41.2 Å². The van der Waals surface area contributed by atoms with Crippen LogP contribution >= 0.6 is 0 Å². The monoisotopic (exact) mass is 405 g/mol. The Morgan fingerprint density at radius 1 is 0.833 bits per heavy atom. The topological polar surface area (TPSA) is 58.4 Å². The maximum atomic E-state index is 4.55. The van der Waals surface area contributed by atoms with Crippen LogP contribution in [0.3, 0.4) is 0 Å². The summed E-state index contributed by atoms with van der Waals surface area (Å²) in [6.07, 6.45) is 18.7. The first-order chi connectivity index (χ1) is 14.6. The molecule has 0 saturated carbocycles. The Hall–Kier alpha value is -3.09. The molecule has 30 heavy (non-hydrogen) atoms. The molecule has 0 aliphatic heterocycles. The van der Waals surface area contributed by atoms with Gasteiger partial charge in [0.05, 0.1) is 37.5 Å². The highest BCUT2D eigenvalue weighted by atomic mass is 15.3. The molecule has 4 aromatic heterocycles. The van der Waals surface area contributed by atoms with Crippen molar-refractivity contribution in [3.8, 4) is 0 Å². The Morgan fingerprint density at radius 3 is 2.10 bits per heavy atom. The minimum absolute atomic E-state index is 0.480. The Kier molecular flexibility index (Phi) is 6.16. The predicted octanol–water partition coefficient (Wildman–Crippen LogP) is 4.05. The van der Waals surface area contributed by atoms with Crippen molar-refractivity contribution >= 4 is 0 Å². The second kappa shape index (κ2) is 9.15. The van der Waals surface area contributed by atoms with Crippen molar-refractivity contribution in [2.24, 2.45) is 7.05 Å². The molecule has 0 aromatic carbocycles. The van der Waals surface area contributed by atoms with Crippen LogP contribution in [0, 0.1) is 0 Å². The first-order valence-electron chi connectivity index (χ1n) is 10.7. The van der Waals surface area contributed by atoms with Gasteiger partial charge in [-0.2, -0.15) is 10.2 Å². The molecule has 0 saturated heterocycles. The van der Waals surface area contributed by atoms with E-state index in [2.05, 4.69) is 75.2 Å². The summed E-state index contributed by atoms with van der Waals surface area (Å²) in [5.41, 5.74) is 3.64. The molecule has 0 bridgehead atoms. The second-order valence-corrected chi connectivity index (χ2v) is 8.34. The molecule has 2 atom stereocenters. The minimum Gasteiger partial charge on any atom is -0.352 e. The van der Waals surface area contributed by atoms with Crippen molar-refractivity contribution in [2.75, 3.05) is 0 Å². The van der Waals surface area contributed by atoms with E-state index in [4.69, 9.17) is 0 Å². The smallest absolute Gasteiger partial charge is 0.0947 e. The van der Waals surface area contributed by atoms with Crippen molar-refractivity contribution in [3.05, 3.63) is 78.7 Å². The summed E-state index contributed by atoms with van der Waals surface area (Å²) in [7, 11) is 1.99. The van der Waals surface area contributed by atoms with Gasteiger partial charge in [-0.15, -0.1) is 0 Å². The van der Waals surface area contributed by atoms with Gasteiger partial charge in [0, 0.05) is 44.6 Å². The third-order valence-corrected chi connectivity index (χ3v) is 5.81. The molecule has 0 aliphatic carbocycles. The summed E-state index contributed by atoms with van der Waals surface area (Å²) in [6, 6.07) is 4.11.